The number of fused-ring (bicyclic) bond motifs is 1. The molecule has 1 saturated heterocycles. The summed E-state index contributed by atoms with van der Waals surface area (Å²) in [7, 11) is -1.30. The smallest absolute Gasteiger partial charge is 0.261 e. The van der Waals surface area contributed by atoms with Gasteiger partial charge in [-0.2, -0.15) is 0 Å². The Morgan fingerprint density at radius 1 is 0.947 bits per heavy atom. The summed E-state index contributed by atoms with van der Waals surface area (Å²) in [6.45, 7) is 6.45. The molecule has 0 amide bonds. The van der Waals surface area contributed by atoms with Crippen LogP contribution in [0.4, 0.5) is 0 Å². The van der Waals surface area contributed by atoms with Crippen LogP contribution in [0.15, 0.2) is 72.8 Å². The molecule has 0 spiro atoms. The quantitative estimate of drug-likeness (QED) is 0.427. The fraction of sp³-hybridized carbons (Fsp3) is 0.400. The van der Waals surface area contributed by atoms with Gasteiger partial charge in [0.1, 0.15) is 11.4 Å². The number of aliphatic hydroxyl groups excluding tert-OH is 1. The summed E-state index contributed by atoms with van der Waals surface area (Å²) in [6.07, 6.45) is -0.588. The molecule has 0 saturated carbocycles. The molecular weight excluding hydrogens is 500 g/mol. The van der Waals surface area contributed by atoms with Crippen LogP contribution in [-0.4, -0.2) is 57.9 Å². The van der Waals surface area contributed by atoms with Crippen LogP contribution in [0.2, 0.25) is 5.04 Å². The number of hydrogen-bond acceptors (Lipinski definition) is 7. The van der Waals surface area contributed by atoms with E-state index in [0.717, 1.165) is 15.9 Å². The number of benzene rings is 3. The highest BCUT2D eigenvalue weighted by molar-refractivity contribution is 6.99. The molecule has 2 N–H and O–H groups in total. The molecule has 1 fully saturated rings. The highest BCUT2D eigenvalue weighted by Crippen LogP contribution is 2.49. The summed E-state index contributed by atoms with van der Waals surface area (Å²) >= 11 is 0. The second-order valence-corrected chi connectivity index (χ2v) is 15.3. The fourth-order valence-corrected chi connectivity index (χ4v) is 10.4. The number of hydrogen-bond donors (Lipinski definition) is 2. The van der Waals surface area contributed by atoms with E-state index in [9.17, 15) is 10.2 Å². The van der Waals surface area contributed by atoms with E-state index in [2.05, 4.69) is 45.0 Å². The zero-order chi connectivity index (χ0) is 27.0. The minimum absolute atomic E-state index is 0.0272. The Bertz CT molecular complexity index is 1210. The van der Waals surface area contributed by atoms with Crippen LogP contribution in [0.1, 0.15) is 32.4 Å². The van der Waals surface area contributed by atoms with Crippen LogP contribution < -0.4 is 24.6 Å². The van der Waals surface area contributed by atoms with E-state index in [1.165, 1.54) is 0 Å². The van der Waals surface area contributed by atoms with Gasteiger partial charge in [-0.3, -0.25) is 0 Å². The van der Waals surface area contributed by atoms with Gasteiger partial charge >= 0.3 is 0 Å². The van der Waals surface area contributed by atoms with Gasteiger partial charge in [-0.15, -0.1) is 0 Å². The van der Waals surface area contributed by atoms with E-state index in [0.29, 0.717) is 17.2 Å². The first kappa shape index (κ1) is 26.7. The molecule has 0 unspecified atom stereocenters. The Hall–Kier alpha value is -2.88. The largest absolute Gasteiger partial charge is 0.496 e. The Kier molecular flexibility index (Phi) is 7.28. The molecule has 2 aliphatic heterocycles. The maximum absolute atomic E-state index is 11.6. The molecular formula is C30H36O7Si. The molecule has 5 rings (SSSR count). The second kappa shape index (κ2) is 10.4. The summed E-state index contributed by atoms with van der Waals surface area (Å²) in [5, 5.41) is 23.9. The summed E-state index contributed by atoms with van der Waals surface area (Å²) in [6, 6.07) is 24.3. The molecule has 3 atom stereocenters. The second-order valence-electron chi connectivity index (χ2n) is 11.0. The van der Waals surface area contributed by atoms with Gasteiger partial charge in [0.2, 0.25) is 6.79 Å². The monoisotopic (exact) mass is 536 g/mol. The van der Waals surface area contributed by atoms with Crippen LogP contribution in [0.3, 0.4) is 0 Å². The van der Waals surface area contributed by atoms with Gasteiger partial charge in [-0.05, 0) is 21.5 Å². The van der Waals surface area contributed by atoms with Gasteiger partial charge in [0.15, 0.2) is 11.5 Å². The number of methoxy groups -OCH3 is 1. The van der Waals surface area contributed by atoms with E-state index in [4.69, 9.17) is 23.4 Å². The average molecular weight is 537 g/mol. The van der Waals surface area contributed by atoms with E-state index in [-0.39, 0.29) is 25.0 Å². The SMILES string of the molecule is COc1cc2c(cc1[C@H]1OC[C@@](O)(CO)[C@@H]1CO[Si](c1ccccc1)(c1ccccc1)C(C)(C)C)OCO2. The van der Waals surface area contributed by atoms with E-state index in [1.54, 1.807) is 13.2 Å². The topological polar surface area (TPSA) is 86.6 Å². The maximum Gasteiger partial charge on any atom is 0.261 e. The Labute approximate surface area is 225 Å². The summed E-state index contributed by atoms with van der Waals surface area (Å²) in [5.41, 5.74) is -0.769. The summed E-state index contributed by atoms with van der Waals surface area (Å²) in [4.78, 5) is 0. The zero-order valence-corrected chi connectivity index (χ0v) is 23.3. The van der Waals surface area contributed by atoms with Crippen molar-refractivity contribution in [2.24, 2.45) is 5.92 Å². The molecule has 0 aliphatic carbocycles. The standard InChI is InChI=1S/C30H36O7Si/c1-29(2,3)38(21-11-7-5-8-12-21,22-13-9-6-10-14-22)37-17-24-28(34-19-30(24,32)18-31)23-15-26-27(36-20-35-26)16-25(23)33-4/h5-16,24,28,31-32H,17-20H2,1-4H3/t24-,28-,30+/m1/s1. The molecule has 3 aromatic carbocycles. The van der Waals surface area contributed by atoms with Crippen LogP contribution in [-0.2, 0) is 9.16 Å². The van der Waals surface area contributed by atoms with Gasteiger partial charge in [-0.1, -0.05) is 81.4 Å². The van der Waals surface area contributed by atoms with Crippen molar-refractivity contribution in [3.05, 3.63) is 78.4 Å². The van der Waals surface area contributed by atoms with Crippen molar-refractivity contribution in [2.45, 2.75) is 37.5 Å². The molecule has 0 radical (unpaired) electrons. The lowest BCUT2D eigenvalue weighted by atomic mass is 9.84. The van der Waals surface area contributed by atoms with Crippen LogP contribution in [0, 0.1) is 5.92 Å². The first-order valence-corrected chi connectivity index (χ1v) is 14.8. The molecule has 202 valence electrons. The van der Waals surface area contributed by atoms with Crippen LogP contribution >= 0.6 is 0 Å². The third-order valence-corrected chi connectivity index (χ3v) is 12.8. The number of aliphatic hydroxyl groups is 2. The van der Waals surface area contributed by atoms with Crippen LogP contribution in [0.25, 0.3) is 0 Å². The molecule has 0 aromatic heterocycles. The zero-order valence-electron chi connectivity index (χ0n) is 22.3. The lowest BCUT2D eigenvalue weighted by Crippen LogP contribution is -2.67. The Morgan fingerprint density at radius 2 is 1.53 bits per heavy atom. The van der Waals surface area contributed by atoms with Crippen molar-refractivity contribution in [3.8, 4) is 17.2 Å². The first-order chi connectivity index (χ1) is 18.2. The number of ether oxygens (including phenoxy) is 4. The molecule has 8 heteroatoms. The van der Waals surface area contributed by atoms with Gasteiger partial charge < -0.3 is 33.6 Å². The predicted octanol–water partition coefficient (Wildman–Crippen LogP) is 3.41. The minimum Gasteiger partial charge on any atom is -0.496 e. The van der Waals surface area contributed by atoms with E-state index >= 15 is 0 Å². The van der Waals surface area contributed by atoms with Crippen molar-refractivity contribution >= 4 is 18.7 Å². The van der Waals surface area contributed by atoms with Gasteiger partial charge in [0, 0.05) is 24.2 Å². The third-order valence-electron chi connectivity index (χ3n) is 7.77. The van der Waals surface area contributed by atoms with E-state index < -0.39 is 32.5 Å². The lowest BCUT2D eigenvalue weighted by molar-refractivity contribution is -0.0545. The van der Waals surface area contributed by atoms with Gasteiger partial charge in [0.05, 0.1) is 26.4 Å². The minimum atomic E-state index is -2.89. The van der Waals surface area contributed by atoms with Crippen molar-refractivity contribution in [1.29, 1.82) is 0 Å². The third kappa shape index (κ3) is 4.50. The lowest BCUT2D eigenvalue weighted by Gasteiger charge is -2.44. The molecule has 0 bridgehead atoms. The fourth-order valence-electron chi connectivity index (χ4n) is 5.77. The van der Waals surface area contributed by atoms with E-state index in [1.807, 2.05) is 42.5 Å². The average Bonchev–Trinajstić information content (AvgIpc) is 3.52. The van der Waals surface area contributed by atoms with Crippen molar-refractivity contribution < 1.29 is 33.6 Å². The summed E-state index contributed by atoms with van der Waals surface area (Å²) in [5.74, 6) is 1.19. The molecule has 38 heavy (non-hydrogen) atoms. The van der Waals surface area contributed by atoms with Gasteiger partial charge in [0.25, 0.3) is 8.32 Å². The van der Waals surface area contributed by atoms with Crippen molar-refractivity contribution in [2.75, 3.05) is 33.7 Å². The molecule has 2 aliphatic rings. The Balaban J connectivity index is 1.58. The molecule has 7 nitrogen and oxygen atoms in total. The first-order valence-electron chi connectivity index (χ1n) is 12.9. The summed E-state index contributed by atoms with van der Waals surface area (Å²) < 4.78 is 30.1. The van der Waals surface area contributed by atoms with Gasteiger partial charge in [-0.25, -0.2) is 0 Å². The highest BCUT2D eigenvalue weighted by atomic mass is 28.4. The van der Waals surface area contributed by atoms with Crippen molar-refractivity contribution in [1.82, 2.24) is 0 Å². The molecule has 2 heterocycles. The van der Waals surface area contributed by atoms with Crippen molar-refractivity contribution in [3.63, 3.8) is 0 Å². The predicted molar refractivity (Wildman–Crippen MR) is 147 cm³/mol. The number of rotatable bonds is 8. The molecule has 3 aromatic rings. The van der Waals surface area contributed by atoms with Crippen LogP contribution in [0.5, 0.6) is 17.2 Å². The highest BCUT2D eigenvalue weighted by Gasteiger charge is 2.54. The normalized spacial score (nSPS) is 23.0. The maximum atomic E-state index is 11.6. The Morgan fingerprint density at radius 3 is 2.05 bits per heavy atom.